The Balaban J connectivity index is 1.71. The van der Waals surface area contributed by atoms with Crippen molar-refractivity contribution in [1.29, 1.82) is 0 Å². The van der Waals surface area contributed by atoms with Gasteiger partial charge in [-0.25, -0.2) is 0 Å². The van der Waals surface area contributed by atoms with Crippen molar-refractivity contribution in [2.75, 3.05) is 5.32 Å². The van der Waals surface area contributed by atoms with E-state index in [9.17, 15) is 9.90 Å². The lowest BCUT2D eigenvalue weighted by atomic mass is 10.0. The van der Waals surface area contributed by atoms with Gasteiger partial charge in [-0.1, -0.05) is 72.8 Å². The topological polar surface area (TPSA) is 49.3 Å². The van der Waals surface area contributed by atoms with E-state index in [4.69, 9.17) is 0 Å². The van der Waals surface area contributed by atoms with Gasteiger partial charge in [-0.15, -0.1) is 0 Å². The third-order valence-electron chi connectivity index (χ3n) is 4.37. The summed E-state index contributed by atoms with van der Waals surface area (Å²) >= 11 is 0. The number of carbonyl (C=O) groups excluding carboxylic acids is 1. The molecule has 126 valence electrons. The molecule has 26 heavy (non-hydrogen) atoms. The van der Waals surface area contributed by atoms with Crippen molar-refractivity contribution in [3.8, 4) is 16.9 Å². The van der Waals surface area contributed by atoms with Gasteiger partial charge in [0, 0.05) is 11.3 Å². The summed E-state index contributed by atoms with van der Waals surface area (Å²) in [5.41, 5.74) is 2.91. The highest BCUT2D eigenvalue weighted by Gasteiger charge is 2.14. The minimum atomic E-state index is -0.336. The van der Waals surface area contributed by atoms with Crippen LogP contribution in [0.25, 0.3) is 21.9 Å². The number of hydrogen-bond acceptors (Lipinski definition) is 2. The zero-order valence-electron chi connectivity index (χ0n) is 14.0. The average Bonchev–Trinajstić information content (AvgIpc) is 2.68. The van der Waals surface area contributed by atoms with Crippen molar-refractivity contribution in [3.63, 3.8) is 0 Å². The Morgan fingerprint density at radius 2 is 1.35 bits per heavy atom. The average molecular weight is 339 g/mol. The second-order valence-corrected chi connectivity index (χ2v) is 6.08. The van der Waals surface area contributed by atoms with Crippen LogP contribution in [-0.4, -0.2) is 11.0 Å². The number of aromatic hydroxyl groups is 1. The summed E-state index contributed by atoms with van der Waals surface area (Å²) in [4.78, 5) is 12.8. The molecule has 0 saturated carbocycles. The van der Waals surface area contributed by atoms with Gasteiger partial charge >= 0.3 is 0 Å². The van der Waals surface area contributed by atoms with E-state index < -0.39 is 0 Å². The molecule has 3 nitrogen and oxygen atoms in total. The molecule has 0 radical (unpaired) electrons. The normalized spacial score (nSPS) is 10.6. The maximum absolute atomic E-state index is 12.8. The van der Waals surface area contributed by atoms with Gasteiger partial charge < -0.3 is 10.4 Å². The second-order valence-electron chi connectivity index (χ2n) is 6.08. The van der Waals surface area contributed by atoms with E-state index in [1.165, 1.54) is 0 Å². The molecule has 4 aromatic rings. The highest BCUT2D eigenvalue weighted by Crippen LogP contribution is 2.30. The third kappa shape index (κ3) is 3.03. The molecular weight excluding hydrogens is 322 g/mol. The van der Waals surface area contributed by atoms with Crippen molar-refractivity contribution in [2.24, 2.45) is 0 Å². The fourth-order valence-electron chi connectivity index (χ4n) is 3.06. The lowest BCUT2D eigenvalue weighted by Gasteiger charge is -2.12. The zero-order valence-corrected chi connectivity index (χ0v) is 14.0. The minimum Gasteiger partial charge on any atom is -0.507 e. The third-order valence-corrected chi connectivity index (χ3v) is 4.37. The summed E-state index contributed by atoms with van der Waals surface area (Å²) < 4.78 is 0. The summed E-state index contributed by atoms with van der Waals surface area (Å²) in [6.45, 7) is 0. The Morgan fingerprint density at radius 1 is 0.731 bits per heavy atom. The van der Waals surface area contributed by atoms with E-state index in [2.05, 4.69) is 5.32 Å². The lowest BCUT2D eigenvalue weighted by molar-refractivity contribution is 0.102. The Kier molecular flexibility index (Phi) is 4.12. The van der Waals surface area contributed by atoms with Crippen molar-refractivity contribution in [2.45, 2.75) is 0 Å². The first-order valence-electron chi connectivity index (χ1n) is 8.40. The van der Waals surface area contributed by atoms with Crippen LogP contribution in [0.4, 0.5) is 5.69 Å². The number of phenolic OH excluding ortho intramolecular Hbond substituents is 1. The first-order valence-corrected chi connectivity index (χ1v) is 8.40. The molecule has 0 aliphatic heterocycles. The molecule has 4 rings (SSSR count). The first-order chi connectivity index (χ1) is 12.7. The Labute approximate surface area is 151 Å². The van der Waals surface area contributed by atoms with Gasteiger partial charge in [0.15, 0.2) is 0 Å². The Morgan fingerprint density at radius 3 is 2.12 bits per heavy atom. The van der Waals surface area contributed by atoms with E-state index in [1.807, 2.05) is 78.9 Å². The number of para-hydroxylation sites is 1. The molecule has 0 atom stereocenters. The maximum Gasteiger partial charge on any atom is 0.259 e. The minimum absolute atomic E-state index is 0.0293. The van der Waals surface area contributed by atoms with Gasteiger partial charge in [0.25, 0.3) is 5.91 Å². The van der Waals surface area contributed by atoms with E-state index in [0.29, 0.717) is 5.69 Å². The number of rotatable bonds is 3. The molecule has 2 N–H and O–H groups in total. The summed E-state index contributed by atoms with van der Waals surface area (Å²) in [7, 11) is 0. The van der Waals surface area contributed by atoms with Gasteiger partial charge in [0.1, 0.15) is 5.75 Å². The van der Waals surface area contributed by atoms with Crippen LogP contribution < -0.4 is 5.32 Å². The van der Waals surface area contributed by atoms with Crippen LogP contribution in [0.5, 0.6) is 5.75 Å². The molecule has 0 aliphatic carbocycles. The van der Waals surface area contributed by atoms with Crippen molar-refractivity contribution >= 4 is 22.4 Å². The maximum atomic E-state index is 12.8. The molecule has 4 aromatic carbocycles. The molecule has 0 heterocycles. The van der Waals surface area contributed by atoms with Gasteiger partial charge in [-0.05, 0) is 34.5 Å². The summed E-state index contributed by atoms with van der Waals surface area (Å²) in [5, 5.41) is 15.0. The van der Waals surface area contributed by atoms with Gasteiger partial charge in [0.2, 0.25) is 0 Å². The summed E-state index contributed by atoms with van der Waals surface area (Å²) in [6, 6.07) is 28.5. The van der Waals surface area contributed by atoms with E-state index in [-0.39, 0.29) is 17.2 Å². The Hall–Kier alpha value is -3.59. The molecular formula is C23H17NO2. The number of hydrogen-bond donors (Lipinski definition) is 2. The SMILES string of the molecule is O=C(Nc1ccccc1-c1ccccc1)c1cc2ccccc2cc1O. The van der Waals surface area contributed by atoms with Crippen LogP contribution in [0.2, 0.25) is 0 Å². The van der Waals surface area contributed by atoms with Crippen LogP contribution in [0.15, 0.2) is 91.0 Å². The predicted molar refractivity (Wildman–Crippen MR) is 105 cm³/mol. The zero-order chi connectivity index (χ0) is 17.9. The van der Waals surface area contributed by atoms with E-state index in [1.54, 1.807) is 12.1 Å². The molecule has 0 unspecified atom stereocenters. The van der Waals surface area contributed by atoms with Crippen LogP contribution >= 0.6 is 0 Å². The van der Waals surface area contributed by atoms with Crippen LogP contribution in [0.1, 0.15) is 10.4 Å². The molecule has 0 fully saturated rings. The smallest absolute Gasteiger partial charge is 0.259 e. The largest absolute Gasteiger partial charge is 0.507 e. The molecule has 0 spiro atoms. The molecule has 0 aromatic heterocycles. The first kappa shape index (κ1) is 15.9. The van der Waals surface area contributed by atoms with E-state index >= 15 is 0 Å². The highest BCUT2D eigenvalue weighted by molar-refractivity contribution is 6.10. The number of anilines is 1. The van der Waals surface area contributed by atoms with Crippen molar-refractivity contribution in [3.05, 3.63) is 96.6 Å². The highest BCUT2D eigenvalue weighted by atomic mass is 16.3. The van der Waals surface area contributed by atoms with E-state index in [0.717, 1.165) is 21.9 Å². The molecule has 1 amide bonds. The van der Waals surface area contributed by atoms with Gasteiger partial charge in [0.05, 0.1) is 5.56 Å². The monoisotopic (exact) mass is 339 g/mol. The summed E-state index contributed by atoms with van der Waals surface area (Å²) in [6.07, 6.45) is 0. The second kappa shape index (κ2) is 6.73. The molecule has 0 saturated heterocycles. The molecule has 0 aliphatic rings. The number of benzene rings is 4. The van der Waals surface area contributed by atoms with Crippen LogP contribution in [-0.2, 0) is 0 Å². The number of nitrogens with one attached hydrogen (secondary N) is 1. The number of carbonyl (C=O) groups is 1. The fourth-order valence-corrected chi connectivity index (χ4v) is 3.06. The standard InChI is InChI=1S/C23H17NO2/c25-22-15-18-11-5-4-10-17(18)14-20(22)23(26)24-21-13-7-6-12-19(21)16-8-2-1-3-9-16/h1-15,25H,(H,24,26). The Bertz CT molecular complexity index is 1090. The van der Waals surface area contributed by atoms with Gasteiger partial charge in [-0.3, -0.25) is 4.79 Å². The van der Waals surface area contributed by atoms with Crippen LogP contribution in [0, 0.1) is 0 Å². The number of phenols is 1. The van der Waals surface area contributed by atoms with Crippen molar-refractivity contribution < 1.29 is 9.90 Å². The van der Waals surface area contributed by atoms with Crippen molar-refractivity contribution in [1.82, 2.24) is 0 Å². The van der Waals surface area contributed by atoms with Crippen LogP contribution in [0.3, 0.4) is 0 Å². The fraction of sp³-hybridized carbons (Fsp3) is 0. The number of amides is 1. The number of fused-ring (bicyclic) bond motifs is 1. The summed E-state index contributed by atoms with van der Waals surface area (Å²) in [5.74, 6) is -0.366. The molecule has 3 heteroatoms. The van der Waals surface area contributed by atoms with Gasteiger partial charge in [-0.2, -0.15) is 0 Å². The predicted octanol–water partition coefficient (Wildman–Crippen LogP) is 5.46. The quantitative estimate of drug-likeness (QED) is 0.520. The molecule has 0 bridgehead atoms. The lowest BCUT2D eigenvalue weighted by Crippen LogP contribution is -2.12.